The van der Waals surface area contributed by atoms with Crippen molar-refractivity contribution in [2.75, 3.05) is 6.61 Å². The van der Waals surface area contributed by atoms with Gasteiger partial charge in [0.25, 0.3) is 0 Å². The average Bonchev–Trinajstić information content (AvgIpc) is 3.27. The third kappa shape index (κ3) is 3.19. The lowest BCUT2D eigenvalue weighted by Gasteiger charge is -2.15. The smallest absolute Gasteiger partial charge is 0.233 e. The van der Waals surface area contributed by atoms with Crippen molar-refractivity contribution in [2.45, 2.75) is 38.8 Å². The van der Waals surface area contributed by atoms with Crippen molar-refractivity contribution in [3.63, 3.8) is 0 Å². The highest BCUT2D eigenvalue weighted by Crippen LogP contribution is 2.29. The second-order valence-electron chi connectivity index (χ2n) is 5.24. The van der Waals surface area contributed by atoms with Crippen LogP contribution in [-0.2, 0) is 16.2 Å². The van der Waals surface area contributed by atoms with Crippen LogP contribution in [0.25, 0.3) is 11.0 Å². The van der Waals surface area contributed by atoms with E-state index in [1.54, 1.807) is 6.26 Å². The molecule has 1 aliphatic carbocycles. The highest BCUT2D eigenvalue weighted by atomic mass is 16.7. The van der Waals surface area contributed by atoms with E-state index in [1.807, 2.05) is 18.2 Å². The Balaban J connectivity index is 1.73. The molecular weight excluding hydrogens is 270 g/mol. The number of carbonyl (C=O) groups is 1. The second-order valence-corrected chi connectivity index (χ2v) is 5.24. The zero-order valence-corrected chi connectivity index (χ0v) is 12.1. The Hall–Kier alpha value is -2.01. The SMILES string of the molecule is CCCOc1ccc2occ(CON(C=O)C3CC3)c2c1. The van der Waals surface area contributed by atoms with Gasteiger partial charge in [-0.3, -0.25) is 9.63 Å². The number of benzene rings is 1. The maximum absolute atomic E-state index is 10.9. The first kappa shape index (κ1) is 13.9. The molecule has 1 aliphatic rings. The van der Waals surface area contributed by atoms with E-state index in [1.165, 1.54) is 5.06 Å². The lowest BCUT2D eigenvalue weighted by molar-refractivity contribution is -0.180. The Morgan fingerprint density at radius 2 is 2.29 bits per heavy atom. The van der Waals surface area contributed by atoms with Crippen LogP contribution in [0.4, 0.5) is 0 Å². The topological polar surface area (TPSA) is 51.9 Å². The van der Waals surface area contributed by atoms with Crippen molar-refractivity contribution in [1.82, 2.24) is 5.06 Å². The molecule has 1 amide bonds. The van der Waals surface area contributed by atoms with Gasteiger partial charge >= 0.3 is 0 Å². The molecule has 112 valence electrons. The van der Waals surface area contributed by atoms with Gasteiger partial charge in [0.1, 0.15) is 17.9 Å². The molecule has 0 atom stereocenters. The van der Waals surface area contributed by atoms with E-state index < -0.39 is 0 Å². The summed E-state index contributed by atoms with van der Waals surface area (Å²) in [5.74, 6) is 0.821. The van der Waals surface area contributed by atoms with Gasteiger partial charge in [0.05, 0.1) is 18.9 Å². The Kier molecular flexibility index (Phi) is 4.10. The molecule has 1 aromatic heterocycles. The van der Waals surface area contributed by atoms with Gasteiger partial charge in [-0.25, -0.2) is 5.06 Å². The third-order valence-electron chi connectivity index (χ3n) is 3.48. The van der Waals surface area contributed by atoms with Gasteiger partial charge in [0.15, 0.2) is 0 Å². The summed E-state index contributed by atoms with van der Waals surface area (Å²) in [5, 5.41) is 2.36. The van der Waals surface area contributed by atoms with E-state index in [2.05, 4.69) is 6.92 Å². The minimum absolute atomic E-state index is 0.240. The normalized spacial score (nSPS) is 14.3. The van der Waals surface area contributed by atoms with Crippen molar-refractivity contribution < 1.29 is 18.8 Å². The molecule has 0 bridgehead atoms. The number of fused-ring (bicyclic) bond motifs is 1. The predicted octanol–water partition coefficient (Wildman–Crippen LogP) is 3.27. The average molecular weight is 289 g/mol. The van der Waals surface area contributed by atoms with Crippen molar-refractivity contribution in [2.24, 2.45) is 0 Å². The van der Waals surface area contributed by atoms with Crippen LogP contribution in [0.5, 0.6) is 5.75 Å². The van der Waals surface area contributed by atoms with Gasteiger partial charge in [0, 0.05) is 10.9 Å². The quantitative estimate of drug-likeness (QED) is 0.553. The minimum atomic E-state index is 0.240. The summed E-state index contributed by atoms with van der Waals surface area (Å²) < 4.78 is 11.1. The largest absolute Gasteiger partial charge is 0.494 e. The van der Waals surface area contributed by atoms with Crippen LogP contribution in [0.1, 0.15) is 31.7 Å². The number of furan rings is 1. The monoisotopic (exact) mass is 289 g/mol. The molecule has 0 spiro atoms. The summed E-state index contributed by atoms with van der Waals surface area (Å²) in [5.41, 5.74) is 1.71. The van der Waals surface area contributed by atoms with E-state index in [0.29, 0.717) is 13.2 Å². The molecule has 1 aromatic carbocycles. The lowest BCUT2D eigenvalue weighted by atomic mass is 10.2. The van der Waals surface area contributed by atoms with Crippen LogP contribution >= 0.6 is 0 Å². The summed E-state index contributed by atoms with van der Waals surface area (Å²) in [4.78, 5) is 16.5. The Bertz CT molecular complexity index is 618. The summed E-state index contributed by atoms with van der Waals surface area (Å²) in [6.45, 7) is 3.08. The van der Waals surface area contributed by atoms with Crippen molar-refractivity contribution in [3.8, 4) is 5.75 Å². The van der Waals surface area contributed by atoms with Crippen molar-refractivity contribution >= 4 is 17.4 Å². The predicted molar refractivity (Wildman–Crippen MR) is 77.7 cm³/mol. The number of hydrogen-bond acceptors (Lipinski definition) is 4. The first-order chi connectivity index (χ1) is 10.3. The second kappa shape index (κ2) is 6.18. The highest BCUT2D eigenvalue weighted by molar-refractivity contribution is 5.82. The summed E-state index contributed by atoms with van der Waals surface area (Å²) in [6, 6.07) is 5.98. The molecule has 1 heterocycles. The van der Waals surface area contributed by atoms with Crippen LogP contribution in [0, 0.1) is 0 Å². The molecule has 21 heavy (non-hydrogen) atoms. The standard InChI is InChI=1S/C16H19NO4/c1-2-7-19-14-5-6-16-15(8-14)12(9-20-16)10-21-17(11-18)13-3-4-13/h5-6,8-9,11,13H,2-4,7,10H2,1H3. The number of carbonyl (C=O) groups excluding carboxylic acids is 1. The van der Waals surface area contributed by atoms with Crippen LogP contribution in [0.3, 0.4) is 0 Å². The Morgan fingerprint density at radius 3 is 3.00 bits per heavy atom. The van der Waals surface area contributed by atoms with Crippen LogP contribution in [0.2, 0.25) is 0 Å². The van der Waals surface area contributed by atoms with Crippen LogP contribution in [0.15, 0.2) is 28.9 Å². The van der Waals surface area contributed by atoms with E-state index in [4.69, 9.17) is 14.0 Å². The van der Waals surface area contributed by atoms with Crippen molar-refractivity contribution in [1.29, 1.82) is 0 Å². The number of ether oxygens (including phenoxy) is 1. The fraction of sp³-hybridized carbons (Fsp3) is 0.438. The minimum Gasteiger partial charge on any atom is -0.494 e. The fourth-order valence-electron chi connectivity index (χ4n) is 2.18. The third-order valence-corrected chi connectivity index (χ3v) is 3.48. The molecular formula is C16H19NO4. The maximum atomic E-state index is 10.9. The molecule has 2 aromatic rings. The zero-order chi connectivity index (χ0) is 14.7. The number of amides is 1. The fourth-order valence-corrected chi connectivity index (χ4v) is 2.18. The number of hydrogen-bond donors (Lipinski definition) is 0. The highest BCUT2D eigenvalue weighted by Gasteiger charge is 2.29. The van der Waals surface area contributed by atoms with Crippen LogP contribution < -0.4 is 4.74 Å². The van der Waals surface area contributed by atoms with E-state index in [-0.39, 0.29) is 6.04 Å². The summed E-state index contributed by atoms with van der Waals surface area (Å²) in [6.07, 6.45) is 5.41. The van der Waals surface area contributed by atoms with Gasteiger partial charge < -0.3 is 9.15 Å². The van der Waals surface area contributed by atoms with E-state index >= 15 is 0 Å². The molecule has 5 nitrogen and oxygen atoms in total. The number of nitrogens with zero attached hydrogens (tertiary/aromatic N) is 1. The molecule has 5 heteroatoms. The summed E-state index contributed by atoms with van der Waals surface area (Å²) >= 11 is 0. The zero-order valence-electron chi connectivity index (χ0n) is 12.1. The molecule has 0 unspecified atom stereocenters. The Labute approximate surface area is 123 Å². The molecule has 3 rings (SSSR count). The maximum Gasteiger partial charge on any atom is 0.233 e. The van der Waals surface area contributed by atoms with Gasteiger partial charge in [0.2, 0.25) is 6.41 Å². The van der Waals surface area contributed by atoms with Gasteiger partial charge in [-0.15, -0.1) is 0 Å². The first-order valence-electron chi connectivity index (χ1n) is 7.31. The first-order valence-corrected chi connectivity index (χ1v) is 7.31. The van der Waals surface area contributed by atoms with Crippen LogP contribution in [-0.4, -0.2) is 24.1 Å². The van der Waals surface area contributed by atoms with Gasteiger partial charge in [-0.05, 0) is 37.5 Å². The molecule has 0 radical (unpaired) electrons. The molecule has 0 saturated heterocycles. The van der Waals surface area contributed by atoms with Crippen molar-refractivity contribution in [3.05, 3.63) is 30.0 Å². The summed E-state index contributed by atoms with van der Waals surface area (Å²) in [7, 11) is 0. The molecule has 0 N–H and O–H groups in total. The van der Waals surface area contributed by atoms with Gasteiger partial charge in [-0.2, -0.15) is 0 Å². The van der Waals surface area contributed by atoms with Gasteiger partial charge in [-0.1, -0.05) is 6.92 Å². The van der Waals surface area contributed by atoms with E-state index in [0.717, 1.165) is 48.0 Å². The van der Waals surface area contributed by atoms with E-state index in [9.17, 15) is 4.79 Å². The molecule has 1 saturated carbocycles. The molecule has 1 fully saturated rings. The number of rotatable bonds is 8. The molecule has 0 aliphatic heterocycles. The Morgan fingerprint density at radius 1 is 1.43 bits per heavy atom. The lowest BCUT2D eigenvalue weighted by Crippen LogP contribution is -2.24. The number of hydroxylamine groups is 2.